The van der Waals surface area contributed by atoms with Gasteiger partial charge in [0, 0.05) is 0 Å². The predicted molar refractivity (Wildman–Crippen MR) is 120 cm³/mol. The topological polar surface area (TPSA) is 35.5 Å². The number of carbonyl (C=O) groups is 1. The molecule has 0 radical (unpaired) electrons. The normalized spacial score (nSPS) is 11.8. The summed E-state index contributed by atoms with van der Waals surface area (Å²) in [6.45, 7) is 8.58. The Bertz CT molecular complexity index is 752. The van der Waals surface area contributed by atoms with E-state index < -0.39 is 5.97 Å². The first-order chi connectivity index (χ1) is 14.2. The van der Waals surface area contributed by atoms with Gasteiger partial charge in [-0.1, -0.05) is 75.6 Å². The summed E-state index contributed by atoms with van der Waals surface area (Å²) in [6.07, 6.45) is 9.25. The molecule has 0 saturated carbocycles. The zero-order valence-electron chi connectivity index (χ0n) is 17.9. The molecular formula is C26H34O3. The van der Waals surface area contributed by atoms with Crippen molar-refractivity contribution < 1.29 is 14.6 Å². The lowest BCUT2D eigenvalue weighted by Gasteiger charge is -2.15. The molecule has 0 amide bonds. The van der Waals surface area contributed by atoms with Crippen molar-refractivity contribution >= 4 is 5.97 Å². The zero-order chi connectivity index (χ0) is 20.9. The van der Waals surface area contributed by atoms with E-state index in [0.717, 1.165) is 44.9 Å². The quantitative estimate of drug-likeness (QED) is 0.156. The molecule has 0 spiro atoms. The summed E-state index contributed by atoms with van der Waals surface area (Å²) < 4.78 is 0. The highest BCUT2D eigenvalue weighted by molar-refractivity contribution is 5.90. The molecule has 3 nitrogen and oxygen atoms in total. The van der Waals surface area contributed by atoms with Crippen LogP contribution in [0.3, 0.4) is 0 Å². The highest BCUT2D eigenvalue weighted by Crippen LogP contribution is 2.27. The molecule has 0 heterocycles. The Morgan fingerprint density at radius 3 is 2.55 bits per heavy atom. The Kier molecular flexibility index (Phi) is 10.2. The van der Waals surface area contributed by atoms with Crippen molar-refractivity contribution in [1.82, 2.24) is 0 Å². The van der Waals surface area contributed by atoms with Crippen LogP contribution in [-0.4, -0.2) is 12.6 Å². The molecule has 0 N–H and O–H groups in total. The lowest BCUT2D eigenvalue weighted by atomic mass is 9.90. The smallest absolute Gasteiger partial charge is 0.293 e. The van der Waals surface area contributed by atoms with Crippen LogP contribution >= 0.6 is 0 Å². The molecule has 0 aromatic heterocycles. The Balaban J connectivity index is 1.96. The summed E-state index contributed by atoms with van der Waals surface area (Å²) in [4.78, 5) is 22.6. The molecule has 3 heteroatoms. The lowest BCUT2D eigenvalue weighted by Crippen LogP contribution is -2.09. The standard InChI is InChI=1S/C26H34O3/c1-4-6-7-8-9-13-18-28-29-26(27)23-16-17-25(22-14-11-10-12-15-22)24(20-23)19-21(3)5-2/h4,10-12,14-17,20-21H,1,5-9,13,18-19H2,2-3H3. The first-order valence-corrected chi connectivity index (χ1v) is 10.8. The fraction of sp³-hybridized carbons (Fsp3) is 0.423. The molecule has 156 valence electrons. The zero-order valence-corrected chi connectivity index (χ0v) is 17.9. The van der Waals surface area contributed by atoms with Crippen LogP contribution in [0.2, 0.25) is 0 Å². The molecule has 1 unspecified atom stereocenters. The first kappa shape index (κ1) is 22.9. The van der Waals surface area contributed by atoms with Gasteiger partial charge in [0.15, 0.2) is 0 Å². The van der Waals surface area contributed by atoms with E-state index in [1.807, 2.05) is 42.5 Å². The molecule has 1 atom stereocenters. The fourth-order valence-electron chi connectivity index (χ4n) is 3.26. The van der Waals surface area contributed by atoms with Crippen molar-refractivity contribution in [2.24, 2.45) is 5.92 Å². The van der Waals surface area contributed by atoms with E-state index in [9.17, 15) is 4.79 Å². The molecule has 2 aromatic rings. The summed E-state index contributed by atoms with van der Waals surface area (Å²) in [5, 5.41) is 0. The van der Waals surface area contributed by atoms with Crippen LogP contribution < -0.4 is 0 Å². The van der Waals surface area contributed by atoms with Crippen molar-refractivity contribution in [3.8, 4) is 11.1 Å². The van der Waals surface area contributed by atoms with Gasteiger partial charge in [-0.05, 0) is 60.4 Å². The minimum absolute atomic E-state index is 0.429. The van der Waals surface area contributed by atoms with Gasteiger partial charge in [0.2, 0.25) is 0 Å². The molecule has 0 aliphatic rings. The van der Waals surface area contributed by atoms with Gasteiger partial charge in [0.05, 0.1) is 12.2 Å². The van der Waals surface area contributed by atoms with Gasteiger partial charge in [0.1, 0.15) is 0 Å². The molecule has 29 heavy (non-hydrogen) atoms. The number of unbranched alkanes of at least 4 members (excludes halogenated alkanes) is 4. The van der Waals surface area contributed by atoms with Crippen molar-refractivity contribution in [2.45, 2.75) is 58.8 Å². The van der Waals surface area contributed by atoms with Crippen LogP contribution in [-0.2, 0) is 16.2 Å². The Morgan fingerprint density at radius 1 is 1.07 bits per heavy atom. The molecule has 0 fully saturated rings. The third-order valence-electron chi connectivity index (χ3n) is 5.21. The molecule has 0 aliphatic heterocycles. The van der Waals surface area contributed by atoms with Crippen LogP contribution in [0.25, 0.3) is 11.1 Å². The van der Waals surface area contributed by atoms with Gasteiger partial charge in [0.25, 0.3) is 0 Å². The van der Waals surface area contributed by atoms with Crippen LogP contribution in [0.1, 0.15) is 68.3 Å². The van der Waals surface area contributed by atoms with Crippen LogP contribution in [0.4, 0.5) is 0 Å². The van der Waals surface area contributed by atoms with E-state index in [-0.39, 0.29) is 0 Å². The van der Waals surface area contributed by atoms with Crippen LogP contribution in [0.15, 0.2) is 61.2 Å². The van der Waals surface area contributed by atoms with Crippen molar-refractivity contribution in [2.75, 3.05) is 6.61 Å². The van der Waals surface area contributed by atoms with E-state index >= 15 is 0 Å². The summed E-state index contributed by atoms with van der Waals surface area (Å²) in [5.74, 6) is 0.114. The third kappa shape index (κ3) is 7.86. The number of allylic oxidation sites excluding steroid dienone is 1. The Hall–Kier alpha value is -2.39. The maximum atomic E-state index is 12.4. The van der Waals surface area contributed by atoms with Gasteiger partial charge in [-0.15, -0.1) is 6.58 Å². The summed E-state index contributed by atoms with van der Waals surface area (Å²) >= 11 is 0. The molecule has 0 saturated heterocycles. The van der Waals surface area contributed by atoms with E-state index in [4.69, 9.17) is 9.78 Å². The Labute approximate surface area is 175 Å². The van der Waals surface area contributed by atoms with Gasteiger partial charge in [-0.3, -0.25) is 4.89 Å². The predicted octanol–water partition coefficient (Wildman–Crippen LogP) is 7.17. The van der Waals surface area contributed by atoms with E-state index in [0.29, 0.717) is 18.1 Å². The van der Waals surface area contributed by atoms with Crippen molar-refractivity contribution in [3.05, 3.63) is 72.3 Å². The second-order valence-electron chi connectivity index (χ2n) is 7.64. The molecule has 0 aliphatic carbocycles. The van der Waals surface area contributed by atoms with Crippen molar-refractivity contribution in [1.29, 1.82) is 0 Å². The van der Waals surface area contributed by atoms with E-state index in [1.54, 1.807) is 0 Å². The summed E-state index contributed by atoms with van der Waals surface area (Å²) in [7, 11) is 0. The highest BCUT2D eigenvalue weighted by atomic mass is 17.2. The molecule has 2 rings (SSSR count). The van der Waals surface area contributed by atoms with E-state index in [2.05, 4.69) is 32.6 Å². The van der Waals surface area contributed by atoms with E-state index in [1.165, 1.54) is 16.7 Å². The number of carbonyl (C=O) groups excluding carboxylic acids is 1. The number of hydrogen-bond acceptors (Lipinski definition) is 3. The van der Waals surface area contributed by atoms with Crippen LogP contribution in [0, 0.1) is 5.92 Å². The Morgan fingerprint density at radius 2 is 1.83 bits per heavy atom. The lowest BCUT2D eigenvalue weighted by molar-refractivity contribution is -0.241. The largest absolute Gasteiger partial charge is 0.373 e. The summed E-state index contributed by atoms with van der Waals surface area (Å²) in [5.41, 5.74) is 4.04. The number of rotatable bonds is 13. The second kappa shape index (κ2) is 12.9. The minimum atomic E-state index is -0.429. The third-order valence-corrected chi connectivity index (χ3v) is 5.21. The second-order valence-corrected chi connectivity index (χ2v) is 7.64. The molecule has 2 aromatic carbocycles. The monoisotopic (exact) mass is 394 g/mol. The van der Waals surface area contributed by atoms with Gasteiger partial charge in [-0.25, -0.2) is 4.79 Å². The number of hydrogen-bond donors (Lipinski definition) is 0. The first-order valence-electron chi connectivity index (χ1n) is 10.8. The van der Waals surface area contributed by atoms with Gasteiger partial charge >= 0.3 is 5.97 Å². The average Bonchev–Trinajstić information content (AvgIpc) is 2.76. The van der Waals surface area contributed by atoms with Gasteiger partial charge in [-0.2, -0.15) is 4.89 Å². The number of benzene rings is 2. The summed E-state index contributed by atoms with van der Waals surface area (Å²) in [6, 6.07) is 16.1. The minimum Gasteiger partial charge on any atom is -0.293 e. The molecule has 0 bridgehead atoms. The average molecular weight is 395 g/mol. The fourth-order valence-corrected chi connectivity index (χ4v) is 3.26. The van der Waals surface area contributed by atoms with Crippen LogP contribution in [0.5, 0.6) is 0 Å². The highest BCUT2D eigenvalue weighted by Gasteiger charge is 2.14. The van der Waals surface area contributed by atoms with Crippen molar-refractivity contribution in [3.63, 3.8) is 0 Å². The maximum Gasteiger partial charge on any atom is 0.373 e. The van der Waals surface area contributed by atoms with Gasteiger partial charge < -0.3 is 0 Å². The SMILES string of the molecule is C=CCCCCCCOOC(=O)c1ccc(-c2ccccc2)c(CC(C)CC)c1. The maximum absolute atomic E-state index is 12.4. The molecular weight excluding hydrogens is 360 g/mol.